The highest BCUT2D eigenvalue weighted by molar-refractivity contribution is 9.10. The van der Waals surface area contributed by atoms with Gasteiger partial charge in [0.05, 0.1) is 22.0 Å². The minimum atomic E-state index is 0.321. The molecule has 0 amide bonds. The smallest absolute Gasteiger partial charge is 0.0759 e. The lowest BCUT2D eigenvalue weighted by Gasteiger charge is -2.28. The van der Waals surface area contributed by atoms with Gasteiger partial charge in [-0.1, -0.05) is 6.92 Å². The summed E-state index contributed by atoms with van der Waals surface area (Å²) in [5, 5.41) is 8.10. The second-order valence-electron chi connectivity index (χ2n) is 5.60. The fourth-order valence-corrected chi connectivity index (χ4v) is 3.37. The minimum Gasteiger partial charge on any atom is -0.377 e. The highest BCUT2D eigenvalue weighted by atomic mass is 79.9. The number of hydrogen-bond donors (Lipinski definition) is 1. The Morgan fingerprint density at radius 3 is 2.60 bits per heavy atom. The SMILES string of the molecule is CCNC(Cc1c(Br)c(C)nn1C)C(OCC)C1CC1. The van der Waals surface area contributed by atoms with Crippen LogP contribution in [0.25, 0.3) is 0 Å². The van der Waals surface area contributed by atoms with E-state index >= 15 is 0 Å². The average molecular weight is 344 g/mol. The van der Waals surface area contributed by atoms with Gasteiger partial charge in [0.2, 0.25) is 0 Å². The Bertz CT molecular complexity index is 443. The monoisotopic (exact) mass is 343 g/mol. The van der Waals surface area contributed by atoms with Gasteiger partial charge in [-0.05, 0) is 55.1 Å². The molecule has 2 rings (SSSR count). The van der Waals surface area contributed by atoms with Crippen LogP contribution in [0.3, 0.4) is 0 Å². The van der Waals surface area contributed by atoms with E-state index in [0.717, 1.165) is 35.7 Å². The van der Waals surface area contributed by atoms with Crippen molar-refractivity contribution in [1.82, 2.24) is 15.1 Å². The normalized spacial score (nSPS) is 18.2. The highest BCUT2D eigenvalue weighted by Gasteiger charge is 2.37. The van der Waals surface area contributed by atoms with E-state index in [1.54, 1.807) is 0 Å². The molecule has 0 spiro atoms. The number of likely N-dealkylation sites (N-methyl/N-ethyl adjacent to an activating group) is 1. The second kappa shape index (κ2) is 7.05. The van der Waals surface area contributed by atoms with Crippen LogP contribution < -0.4 is 5.32 Å². The van der Waals surface area contributed by atoms with E-state index in [4.69, 9.17) is 4.74 Å². The molecule has 4 nitrogen and oxygen atoms in total. The summed E-state index contributed by atoms with van der Waals surface area (Å²) in [4.78, 5) is 0. The van der Waals surface area contributed by atoms with Gasteiger partial charge in [0, 0.05) is 26.1 Å². The van der Waals surface area contributed by atoms with Gasteiger partial charge in [-0.25, -0.2) is 0 Å². The summed E-state index contributed by atoms with van der Waals surface area (Å²) < 4.78 is 9.15. The van der Waals surface area contributed by atoms with Crippen molar-refractivity contribution in [2.24, 2.45) is 13.0 Å². The van der Waals surface area contributed by atoms with Crippen LogP contribution in [-0.2, 0) is 18.2 Å². The molecule has 1 aliphatic rings. The molecule has 2 atom stereocenters. The molecule has 0 aromatic carbocycles. The summed E-state index contributed by atoms with van der Waals surface area (Å²) in [6, 6.07) is 0.360. The third kappa shape index (κ3) is 3.62. The largest absolute Gasteiger partial charge is 0.377 e. The maximum Gasteiger partial charge on any atom is 0.0759 e. The standard InChI is InChI=1S/C15H26BrN3O/c1-5-17-12(15(20-6-2)11-7-8-11)9-13-14(16)10(3)18-19(13)4/h11-12,15,17H,5-9H2,1-4H3. The van der Waals surface area contributed by atoms with Gasteiger partial charge in [0.25, 0.3) is 0 Å². The highest BCUT2D eigenvalue weighted by Crippen LogP contribution is 2.37. The fraction of sp³-hybridized carbons (Fsp3) is 0.800. The Kier molecular flexibility index (Phi) is 5.64. The number of aromatic nitrogens is 2. The predicted molar refractivity (Wildman–Crippen MR) is 85.0 cm³/mol. The summed E-state index contributed by atoms with van der Waals surface area (Å²) in [6.07, 6.45) is 3.88. The Morgan fingerprint density at radius 1 is 1.45 bits per heavy atom. The van der Waals surface area contributed by atoms with Gasteiger partial charge in [-0.2, -0.15) is 5.10 Å². The van der Waals surface area contributed by atoms with Crippen molar-refractivity contribution in [2.45, 2.75) is 52.2 Å². The third-order valence-electron chi connectivity index (χ3n) is 3.98. The lowest BCUT2D eigenvalue weighted by Crippen LogP contribution is -2.44. The van der Waals surface area contributed by atoms with Crippen LogP contribution in [0.2, 0.25) is 0 Å². The van der Waals surface area contributed by atoms with Crippen LogP contribution in [0.4, 0.5) is 0 Å². The van der Waals surface area contributed by atoms with Gasteiger partial charge < -0.3 is 10.1 Å². The summed E-state index contributed by atoms with van der Waals surface area (Å²) in [7, 11) is 2.02. The Balaban J connectivity index is 2.15. The molecule has 114 valence electrons. The maximum atomic E-state index is 6.03. The molecule has 0 bridgehead atoms. The van der Waals surface area contributed by atoms with E-state index in [1.807, 2.05) is 18.7 Å². The summed E-state index contributed by atoms with van der Waals surface area (Å²) >= 11 is 3.67. The quantitative estimate of drug-likeness (QED) is 0.788. The number of hydrogen-bond acceptors (Lipinski definition) is 3. The molecule has 5 heteroatoms. The van der Waals surface area contributed by atoms with Gasteiger partial charge in [0.1, 0.15) is 0 Å². The first-order chi connectivity index (χ1) is 9.58. The average Bonchev–Trinajstić information content (AvgIpc) is 3.20. The van der Waals surface area contributed by atoms with Gasteiger partial charge in [-0.3, -0.25) is 4.68 Å². The molecule has 1 fully saturated rings. The predicted octanol–water partition coefficient (Wildman–Crippen LogP) is 2.83. The number of aryl methyl sites for hydroxylation is 2. The molecule has 1 N–H and O–H groups in total. The van der Waals surface area contributed by atoms with Crippen LogP contribution >= 0.6 is 15.9 Å². The van der Waals surface area contributed by atoms with Crippen molar-refractivity contribution in [1.29, 1.82) is 0 Å². The van der Waals surface area contributed by atoms with E-state index in [1.165, 1.54) is 18.5 Å². The molecule has 0 radical (unpaired) electrons. The molecule has 1 aromatic rings. The molecule has 1 heterocycles. The molecule has 2 unspecified atom stereocenters. The number of halogens is 1. The van der Waals surface area contributed by atoms with E-state index in [2.05, 4.69) is 40.2 Å². The lowest BCUT2D eigenvalue weighted by molar-refractivity contribution is 0.0191. The van der Waals surface area contributed by atoms with Gasteiger partial charge >= 0.3 is 0 Å². The summed E-state index contributed by atoms with van der Waals surface area (Å²) in [5.74, 6) is 0.729. The van der Waals surface area contributed by atoms with Gasteiger partial charge in [0.15, 0.2) is 0 Å². The van der Waals surface area contributed by atoms with Crippen LogP contribution in [-0.4, -0.2) is 35.1 Å². The molecule has 0 aliphatic heterocycles. The van der Waals surface area contributed by atoms with Gasteiger partial charge in [-0.15, -0.1) is 0 Å². The lowest BCUT2D eigenvalue weighted by atomic mass is 10.0. The van der Waals surface area contributed by atoms with Crippen molar-refractivity contribution in [3.05, 3.63) is 15.9 Å². The van der Waals surface area contributed by atoms with E-state index < -0.39 is 0 Å². The van der Waals surface area contributed by atoms with Crippen molar-refractivity contribution in [3.63, 3.8) is 0 Å². The van der Waals surface area contributed by atoms with Crippen molar-refractivity contribution in [2.75, 3.05) is 13.2 Å². The first-order valence-corrected chi connectivity index (χ1v) is 8.40. The molecular formula is C15H26BrN3O. The molecule has 20 heavy (non-hydrogen) atoms. The minimum absolute atomic E-state index is 0.321. The number of nitrogens with zero attached hydrogens (tertiary/aromatic N) is 2. The van der Waals surface area contributed by atoms with Crippen LogP contribution in [0.15, 0.2) is 4.47 Å². The second-order valence-corrected chi connectivity index (χ2v) is 6.39. The van der Waals surface area contributed by atoms with Crippen molar-refractivity contribution in [3.8, 4) is 0 Å². The number of nitrogens with one attached hydrogen (secondary N) is 1. The Hall–Kier alpha value is -0.390. The number of rotatable bonds is 8. The molecule has 0 saturated heterocycles. The summed E-state index contributed by atoms with van der Waals surface area (Å²) in [5.41, 5.74) is 2.30. The first-order valence-electron chi connectivity index (χ1n) is 7.61. The molecule has 1 aromatic heterocycles. The van der Waals surface area contributed by atoms with Crippen LogP contribution in [0.1, 0.15) is 38.1 Å². The molecule has 1 aliphatic carbocycles. The maximum absolute atomic E-state index is 6.03. The van der Waals surface area contributed by atoms with E-state index in [-0.39, 0.29) is 0 Å². The topological polar surface area (TPSA) is 39.1 Å². The number of ether oxygens (including phenoxy) is 1. The Morgan fingerprint density at radius 2 is 2.15 bits per heavy atom. The first kappa shape index (κ1) is 16.0. The van der Waals surface area contributed by atoms with E-state index in [0.29, 0.717) is 12.1 Å². The van der Waals surface area contributed by atoms with Crippen LogP contribution in [0.5, 0.6) is 0 Å². The summed E-state index contributed by atoms with van der Waals surface area (Å²) in [6.45, 7) is 8.04. The van der Waals surface area contributed by atoms with Crippen molar-refractivity contribution < 1.29 is 4.74 Å². The van der Waals surface area contributed by atoms with Crippen LogP contribution in [0, 0.1) is 12.8 Å². The zero-order valence-corrected chi connectivity index (χ0v) is 14.5. The third-order valence-corrected chi connectivity index (χ3v) is 5.02. The van der Waals surface area contributed by atoms with Crippen molar-refractivity contribution >= 4 is 15.9 Å². The fourth-order valence-electron chi connectivity index (χ4n) is 2.87. The zero-order valence-electron chi connectivity index (χ0n) is 12.9. The Labute approximate surface area is 130 Å². The van der Waals surface area contributed by atoms with E-state index in [9.17, 15) is 0 Å². The molecular weight excluding hydrogens is 318 g/mol. The zero-order chi connectivity index (χ0) is 14.7. The molecule has 1 saturated carbocycles.